The lowest BCUT2D eigenvalue weighted by Gasteiger charge is -2.22. The number of rotatable bonds is 5. The SMILES string of the molecule is Cc1ccc([C@@H](O)CNC(=O)c2cn(C3CCNCC3)nn2)cc1. The van der Waals surface area contributed by atoms with Crippen molar-refractivity contribution in [1.29, 1.82) is 0 Å². The number of aliphatic hydroxyl groups excluding tert-OH is 1. The van der Waals surface area contributed by atoms with E-state index in [4.69, 9.17) is 0 Å². The molecule has 24 heavy (non-hydrogen) atoms. The first-order valence-electron chi connectivity index (χ1n) is 8.29. The Morgan fingerprint density at radius 2 is 2.08 bits per heavy atom. The fraction of sp³-hybridized carbons (Fsp3) is 0.471. The number of aliphatic hydroxyl groups is 1. The third kappa shape index (κ3) is 3.98. The molecule has 1 aromatic heterocycles. The maximum Gasteiger partial charge on any atom is 0.273 e. The maximum atomic E-state index is 12.2. The van der Waals surface area contributed by atoms with Crippen LogP contribution in [-0.2, 0) is 0 Å². The maximum absolute atomic E-state index is 12.2. The molecule has 0 spiro atoms. The van der Waals surface area contributed by atoms with Crippen LogP contribution >= 0.6 is 0 Å². The zero-order chi connectivity index (χ0) is 16.9. The predicted octanol–water partition coefficient (Wildman–Crippen LogP) is 0.974. The number of piperidine rings is 1. The highest BCUT2D eigenvalue weighted by Gasteiger charge is 2.19. The highest BCUT2D eigenvalue weighted by molar-refractivity contribution is 5.91. The van der Waals surface area contributed by atoms with E-state index in [9.17, 15) is 9.90 Å². The Morgan fingerprint density at radius 3 is 2.79 bits per heavy atom. The molecule has 1 amide bonds. The minimum atomic E-state index is -0.742. The highest BCUT2D eigenvalue weighted by Crippen LogP contribution is 2.17. The number of aryl methyl sites for hydroxylation is 1. The van der Waals surface area contributed by atoms with Crippen molar-refractivity contribution >= 4 is 5.91 Å². The van der Waals surface area contributed by atoms with Gasteiger partial charge in [0.15, 0.2) is 5.69 Å². The number of aromatic nitrogens is 3. The van der Waals surface area contributed by atoms with Gasteiger partial charge in [-0.2, -0.15) is 0 Å². The monoisotopic (exact) mass is 329 g/mol. The number of carbonyl (C=O) groups is 1. The number of carbonyl (C=O) groups excluding carboxylic acids is 1. The van der Waals surface area contributed by atoms with Gasteiger partial charge < -0.3 is 15.7 Å². The van der Waals surface area contributed by atoms with Crippen LogP contribution in [0.4, 0.5) is 0 Å². The smallest absolute Gasteiger partial charge is 0.273 e. The third-order valence-corrected chi connectivity index (χ3v) is 4.34. The topological polar surface area (TPSA) is 92.1 Å². The predicted molar refractivity (Wildman–Crippen MR) is 89.6 cm³/mol. The van der Waals surface area contributed by atoms with Gasteiger partial charge in [-0.1, -0.05) is 35.0 Å². The van der Waals surface area contributed by atoms with Gasteiger partial charge in [-0.05, 0) is 38.4 Å². The Labute approximate surface area is 141 Å². The van der Waals surface area contributed by atoms with Crippen molar-refractivity contribution < 1.29 is 9.90 Å². The zero-order valence-corrected chi connectivity index (χ0v) is 13.8. The van der Waals surface area contributed by atoms with Crippen molar-refractivity contribution in [2.45, 2.75) is 31.9 Å². The average molecular weight is 329 g/mol. The summed E-state index contributed by atoms with van der Waals surface area (Å²) in [4.78, 5) is 12.2. The molecular formula is C17H23N5O2. The van der Waals surface area contributed by atoms with Crippen molar-refractivity contribution in [1.82, 2.24) is 25.6 Å². The first kappa shape index (κ1) is 16.6. The molecule has 7 heteroatoms. The molecule has 128 valence electrons. The molecule has 0 aliphatic carbocycles. The van der Waals surface area contributed by atoms with E-state index in [0.717, 1.165) is 37.1 Å². The first-order chi connectivity index (χ1) is 11.6. The normalized spacial score (nSPS) is 16.8. The number of nitrogens with zero attached hydrogens (tertiary/aromatic N) is 3. The van der Waals surface area contributed by atoms with Gasteiger partial charge in [-0.25, -0.2) is 4.68 Å². The Balaban J connectivity index is 1.55. The second-order valence-electron chi connectivity index (χ2n) is 6.20. The fourth-order valence-corrected chi connectivity index (χ4v) is 2.82. The van der Waals surface area contributed by atoms with Gasteiger partial charge in [-0.15, -0.1) is 5.10 Å². The van der Waals surface area contributed by atoms with E-state index in [2.05, 4.69) is 20.9 Å². The van der Waals surface area contributed by atoms with Crippen LogP contribution in [0.1, 0.15) is 46.6 Å². The van der Waals surface area contributed by atoms with E-state index < -0.39 is 6.10 Å². The van der Waals surface area contributed by atoms with Gasteiger partial charge in [0.05, 0.1) is 18.3 Å². The molecule has 2 aromatic rings. The van der Waals surface area contributed by atoms with Gasteiger partial charge >= 0.3 is 0 Å². The van der Waals surface area contributed by atoms with Crippen LogP contribution in [-0.4, -0.2) is 45.6 Å². The van der Waals surface area contributed by atoms with Crippen molar-refractivity contribution in [2.75, 3.05) is 19.6 Å². The van der Waals surface area contributed by atoms with Crippen LogP contribution in [0.2, 0.25) is 0 Å². The van der Waals surface area contributed by atoms with Crippen LogP contribution in [0.15, 0.2) is 30.5 Å². The van der Waals surface area contributed by atoms with Gasteiger partial charge in [0.25, 0.3) is 5.91 Å². The van der Waals surface area contributed by atoms with Crippen LogP contribution in [0.25, 0.3) is 0 Å². The van der Waals surface area contributed by atoms with Gasteiger partial charge in [0.1, 0.15) is 0 Å². The molecular weight excluding hydrogens is 306 g/mol. The number of hydrogen-bond acceptors (Lipinski definition) is 5. The first-order valence-corrected chi connectivity index (χ1v) is 8.29. The Morgan fingerprint density at radius 1 is 1.38 bits per heavy atom. The summed E-state index contributed by atoms with van der Waals surface area (Å²) >= 11 is 0. The molecule has 1 fully saturated rings. The second-order valence-corrected chi connectivity index (χ2v) is 6.20. The Hall–Kier alpha value is -2.25. The Bertz CT molecular complexity index is 677. The summed E-state index contributed by atoms with van der Waals surface area (Å²) in [6, 6.07) is 7.88. The Kier molecular flexibility index (Phi) is 5.22. The summed E-state index contributed by atoms with van der Waals surface area (Å²) in [6.07, 6.45) is 2.91. The largest absolute Gasteiger partial charge is 0.387 e. The molecule has 7 nitrogen and oxygen atoms in total. The lowest BCUT2D eigenvalue weighted by Crippen LogP contribution is -2.30. The van der Waals surface area contributed by atoms with Crippen molar-refractivity contribution in [3.05, 3.63) is 47.3 Å². The molecule has 0 unspecified atom stereocenters. The fourth-order valence-electron chi connectivity index (χ4n) is 2.82. The summed E-state index contributed by atoms with van der Waals surface area (Å²) in [6.45, 7) is 4.04. The lowest BCUT2D eigenvalue weighted by atomic mass is 10.1. The third-order valence-electron chi connectivity index (χ3n) is 4.34. The minimum Gasteiger partial charge on any atom is -0.387 e. The zero-order valence-electron chi connectivity index (χ0n) is 13.8. The summed E-state index contributed by atoms with van der Waals surface area (Å²) in [5.41, 5.74) is 2.19. The minimum absolute atomic E-state index is 0.141. The van der Waals surface area contributed by atoms with Crippen LogP contribution < -0.4 is 10.6 Å². The van der Waals surface area contributed by atoms with Crippen molar-refractivity contribution in [2.24, 2.45) is 0 Å². The molecule has 0 bridgehead atoms. The lowest BCUT2D eigenvalue weighted by molar-refractivity contribution is 0.0911. The van der Waals surface area contributed by atoms with Crippen LogP contribution in [0, 0.1) is 6.92 Å². The molecule has 2 heterocycles. The quantitative estimate of drug-likeness (QED) is 0.760. The molecule has 1 atom stereocenters. The molecule has 3 rings (SSSR count). The molecule has 0 saturated carbocycles. The summed E-state index contributed by atoms with van der Waals surface area (Å²) < 4.78 is 1.77. The highest BCUT2D eigenvalue weighted by atomic mass is 16.3. The van der Waals surface area contributed by atoms with E-state index in [1.807, 2.05) is 31.2 Å². The number of hydrogen-bond donors (Lipinski definition) is 3. The standard InChI is InChI=1S/C17H23N5O2/c1-12-2-4-13(5-3-12)16(23)10-19-17(24)15-11-22(21-20-15)14-6-8-18-9-7-14/h2-5,11,14,16,18,23H,6-10H2,1H3,(H,19,24)/t16-/m0/s1. The molecule has 1 saturated heterocycles. The molecule has 1 aliphatic heterocycles. The number of nitrogens with one attached hydrogen (secondary N) is 2. The second kappa shape index (κ2) is 7.55. The number of amides is 1. The van der Waals surface area contributed by atoms with Gasteiger partial charge in [0.2, 0.25) is 0 Å². The van der Waals surface area contributed by atoms with Gasteiger partial charge in [-0.3, -0.25) is 4.79 Å². The van der Waals surface area contributed by atoms with E-state index in [0.29, 0.717) is 6.04 Å². The molecule has 3 N–H and O–H groups in total. The van der Waals surface area contributed by atoms with Crippen molar-refractivity contribution in [3.63, 3.8) is 0 Å². The van der Waals surface area contributed by atoms with Crippen LogP contribution in [0.3, 0.4) is 0 Å². The summed E-state index contributed by atoms with van der Waals surface area (Å²) in [7, 11) is 0. The molecule has 1 aliphatic rings. The van der Waals surface area contributed by atoms with Gasteiger partial charge in [0, 0.05) is 6.54 Å². The molecule has 1 aromatic carbocycles. The van der Waals surface area contributed by atoms with E-state index in [1.165, 1.54) is 0 Å². The van der Waals surface area contributed by atoms with Crippen molar-refractivity contribution in [3.8, 4) is 0 Å². The van der Waals surface area contributed by atoms with E-state index in [1.54, 1.807) is 10.9 Å². The summed E-state index contributed by atoms with van der Waals surface area (Å²) in [5, 5.41) is 24.2. The molecule has 0 radical (unpaired) electrons. The van der Waals surface area contributed by atoms with E-state index >= 15 is 0 Å². The average Bonchev–Trinajstić information content (AvgIpc) is 3.11. The van der Waals surface area contributed by atoms with E-state index in [-0.39, 0.29) is 18.1 Å². The summed E-state index contributed by atoms with van der Waals surface area (Å²) in [5.74, 6) is -0.318. The number of benzene rings is 1. The van der Waals surface area contributed by atoms with Crippen LogP contribution in [0.5, 0.6) is 0 Å².